The van der Waals surface area contributed by atoms with Crippen LogP contribution < -0.4 is 10.6 Å². The van der Waals surface area contributed by atoms with E-state index in [0.717, 1.165) is 19.4 Å². The highest BCUT2D eigenvalue weighted by molar-refractivity contribution is 5.79. The average Bonchev–Trinajstić information content (AvgIpc) is 2.35. The van der Waals surface area contributed by atoms with Crippen LogP contribution in [0.1, 0.15) is 39.5 Å². The zero-order valence-electron chi connectivity index (χ0n) is 12.7. The first kappa shape index (κ1) is 16.9. The van der Waals surface area contributed by atoms with Gasteiger partial charge < -0.3 is 15.7 Å². The highest BCUT2D eigenvalue weighted by atomic mass is 16.3. The molecule has 1 atom stereocenters. The number of aliphatic hydroxyl groups excluding tert-OH is 1. The van der Waals surface area contributed by atoms with E-state index < -0.39 is 5.54 Å². The van der Waals surface area contributed by atoms with Crippen LogP contribution in [0.3, 0.4) is 0 Å². The predicted molar refractivity (Wildman–Crippen MR) is 77.2 cm³/mol. The zero-order valence-corrected chi connectivity index (χ0v) is 12.7. The molecule has 0 aliphatic carbocycles. The molecule has 0 radical (unpaired) electrons. The molecule has 1 rings (SSSR count). The molecular formula is C14H27N3O3. The van der Waals surface area contributed by atoms with Gasteiger partial charge in [-0.25, -0.2) is 0 Å². The Hall–Kier alpha value is -1.14. The summed E-state index contributed by atoms with van der Waals surface area (Å²) >= 11 is 0. The second-order valence-electron chi connectivity index (χ2n) is 6.14. The van der Waals surface area contributed by atoms with E-state index in [9.17, 15) is 14.7 Å². The van der Waals surface area contributed by atoms with Crippen molar-refractivity contribution >= 4 is 11.8 Å². The fourth-order valence-electron chi connectivity index (χ4n) is 2.41. The van der Waals surface area contributed by atoms with Crippen LogP contribution in [0.4, 0.5) is 0 Å². The third-order valence-corrected chi connectivity index (χ3v) is 3.58. The third-order valence-electron chi connectivity index (χ3n) is 3.58. The number of carbonyl (C=O) groups is 2. The van der Waals surface area contributed by atoms with Crippen LogP contribution in [0.25, 0.3) is 0 Å². The minimum atomic E-state index is -0.405. The van der Waals surface area contributed by atoms with Gasteiger partial charge in [-0.2, -0.15) is 0 Å². The fraction of sp³-hybridized carbons (Fsp3) is 0.857. The number of nitrogens with zero attached hydrogens (tertiary/aromatic N) is 1. The Morgan fingerprint density at radius 3 is 2.65 bits per heavy atom. The van der Waals surface area contributed by atoms with E-state index in [1.165, 1.54) is 0 Å². The summed E-state index contributed by atoms with van der Waals surface area (Å²) in [5, 5.41) is 15.1. The van der Waals surface area contributed by atoms with Crippen molar-refractivity contribution in [3.05, 3.63) is 0 Å². The van der Waals surface area contributed by atoms with Gasteiger partial charge in [-0.05, 0) is 39.7 Å². The van der Waals surface area contributed by atoms with Crippen LogP contribution in [-0.4, -0.2) is 60.1 Å². The number of rotatable bonds is 6. The highest BCUT2D eigenvalue weighted by Crippen LogP contribution is 2.12. The lowest BCUT2D eigenvalue weighted by molar-refractivity contribution is -0.125. The molecule has 0 spiro atoms. The Bertz CT molecular complexity index is 345. The summed E-state index contributed by atoms with van der Waals surface area (Å²) in [6.07, 6.45) is 2.41. The van der Waals surface area contributed by atoms with Crippen molar-refractivity contribution in [3.8, 4) is 0 Å². The zero-order chi connectivity index (χ0) is 15.2. The lowest BCUT2D eigenvalue weighted by Crippen LogP contribution is -2.50. The van der Waals surface area contributed by atoms with Crippen LogP contribution in [0.15, 0.2) is 0 Å². The first-order valence-electron chi connectivity index (χ1n) is 7.24. The number of amides is 2. The number of hydrogen-bond acceptors (Lipinski definition) is 4. The summed E-state index contributed by atoms with van der Waals surface area (Å²) in [5.41, 5.74) is -0.405. The Balaban J connectivity index is 2.34. The molecule has 0 aromatic carbocycles. The summed E-state index contributed by atoms with van der Waals surface area (Å²) in [6.45, 7) is 5.55. The molecule has 6 heteroatoms. The van der Waals surface area contributed by atoms with Crippen molar-refractivity contribution in [1.82, 2.24) is 15.5 Å². The maximum Gasteiger partial charge on any atom is 0.234 e. The Labute approximate surface area is 120 Å². The maximum atomic E-state index is 12.0. The monoisotopic (exact) mass is 285 g/mol. The van der Waals surface area contributed by atoms with Gasteiger partial charge in [0.25, 0.3) is 0 Å². The van der Waals surface area contributed by atoms with E-state index in [4.69, 9.17) is 0 Å². The molecule has 3 N–H and O–H groups in total. The standard InChI is InChI=1S/C14H27N3O3/c1-14(2,7-6-12(19)15-3)16-13(20)10-17-8-4-5-11(18)9-17/h11,18H,4-10H2,1-3H3,(H,15,19)(H,16,20). The number of piperidine rings is 1. The van der Waals surface area contributed by atoms with Crippen LogP contribution in [-0.2, 0) is 9.59 Å². The lowest BCUT2D eigenvalue weighted by atomic mass is 9.98. The van der Waals surface area contributed by atoms with E-state index in [2.05, 4.69) is 10.6 Å². The first-order chi connectivity index (χ1) is 9.32. The number of nitrogens with one attached hydrogen (secondary N) is 2. The van der Waals surface area contributed by atoms with Crippen molar-refractivity contribution in [2.24, 2.45) is 0 Å². The second kappa shape index (κ2) is 7.59. The predicted octanol–water partition coefficient (Wildman–Crippen LogP) is -0.136. The molecule has 0 aromatic rings. The molecule has 1 aliphatic heterocycles. The molecule has 1 aliphatic rings. The fourth-order valence-corrected chi connectivity index (χ4v) is 2.41. The average molecular weight is 285 g/mol. The molecule has 1 unspecified atom stereocenters. The first-order valence-corrected chi connectivity index (χ1v) is 7.24. The van der Waals surface area contributed by atoms with Gasteiger partial charge in [-0.3, -0.25) is 14.5 Å². The largest absolute Gasteiger partial charge is 0.392 e. The number of likely N-dealkylation sites (tertiary alicyclic amines) is 1. The number of carbonyl (C=O) groups excluding carboxylic acids is 2. The van der Waals surface area contributed by atoms with Gasteiger partial charge in [0, 0.05) is 25.6 Å². The molecule has 6 nitrogen and oxygen atoms in total. The van der Waals surface area contributed by atoms with E-state index >= 15 is 0 Å². The maximum absolute atomic E-state index is 12.0. The van der Waals surface area contributed by atoms with Gasteiger partial charge in [0.2, 0.25) is 11.8 Å². The minimum absolute atomic E-state index is 0.0218. The summed E-state index contributed by atoms with van der Waals surface area (Å²) in [4.78, 5) is 25.2. The summed E-state index contributed by atoms with van der Waals surface area (Å²) in [7, 11) is 1.61. The number of β-amino-alcohol motifs (C(OH)–C–C–N with tert-alkyl or cyclic N) is 1. The van der Waals surface area contributed by atoms with Gasteiger partial charge in [-0.1, -0.05) is 0 Å². The van der Waals surface area contributed by atoms with E-state index in [1.807, 2.05) is 18.7 Å². The van der Waals surface area contributed by atoms with Crippen molar-refractivity contribution in [1.29, 1.82) is 0 Å². The van der Waals surface area contributed by atoms with Crippen LogP contribution in [0.5, 0.6) is 0 Å². The van der Waals surface area contributed by atoms with Gasteiger partial charge >= 0.3 is 0 Å². The number of aliphatic hydroxyl groups is 1. The van der Waals surface area contributed by atoms with Crippen molar-refractivity contribution < 1.29 is 14.7 Å². The van der Waals surface area contributed by atoms with E-state index in [1.54, 1.807) is 7.05 Å². The SMILES string of the molecule is CNC(=O)CCC(C)(C)NC(=O)CN1CCCC(O)C1. The molecule has 20 heavy (non-hydrogen) atoms. The normalized spacial score (nSPS) is 20.5. The molecule has 0 aromatic heterocycles. The molecule has 1 heterocycles. The van der Waals surface area contributed by atoms with E-state index in [0.29, 0.717) is 25.9 Å². The molecule has 116 valence electrons. The van der Waals surface area contributed by atoms with Crippen molar-refractivity contribution in [2.45, 2.75) is 51.2 Å². The molecule has 2 amide bonds. The Morgan fingerprint density at radius 1 is 1.35 bits per heavy atom. The van der Waals surface area contributed by atoms with Crippen LogP contribution in [0, 0.1) is 0 Å². The Morgan fingerprint density at radius 2 is 2.05 bits per heavy atom. The number of hydrogen-bond donors (Lipinski definition) is 3. The molecule has 1 fully saturated rings. The quantitative estimate of drug-likeness (QED) is 0.635. The molecular weight excluding hydrogens is 258 g/mol. The molecule has 0 saturated carbocycles. The Kier molecular flexibility index (Phi) is 6.42. The van der Waals surface area contributed by atoms with Crippen LogP contribution in [0.2, 0.25) is 0 Å². The van der Waals surface area contributed by atoms with Gasteiger partial charge in [0.05, 0.1) is 12.6 Å². The molecule has 0 bridgehead atoms. The second-order valence-corrected chi connectivity index (χ2v) is 6.14. The summed E-state index contributed by atoms with van der Waals surface area (Å²) < 4.78 is 0. The van der Waals surface area contributed by atoms with Crippen molar-refractivity contribution in [2.75, 3.05) is 26.7 Å². The van der Waals surface area contributed by atoms with Gasteiger partial charge in [-0.15, -0.1) is 0 Å². The lowest BCUT2D eigenvalue weighted by Gasteiger charge is -2.31. The van der Waals surface area contributed by atoms with Gasteiger partial charge in [0.15, 0.2) is 0 Å². The highest BCUT2D eigenvalue weighted by Gasteiger charge is 2.24. The smallest absolute Gasteiger partial charge is 0.234 e. The third kappa shape index (κ3) is 6.34. The topological polar surface area (TPSA) is 81.7 Å². The summed E-state index contributed by atoms with van der Waals surface area (Å²) in [5.74, 6) is -0.0764. The summed E-state index contributed by atoms with van der Waals surface area (Å²) in [6, 6.07) is 0. The van der Waals surface area contributed by atoms with Crippen LogP contribution >= 0.6 is 0 Å². The van der Waals surface area contributed by atoms with Gasteiger partial charge in [0.1, 0.15) is 0 Å². The minimum Gasteiger partial charge on any atom is -0.392 e. The van der Waals surface area contributed by atoms with Crippen molar-refractivity contribution in [3.63, 3.8) is 0 Å². The van der Waals surface area contributed by atoms with E-state index in [-0.39, 0.29) is 17.9 Å². The molecule has 1 saturated heterocycles.